The number of nitrogens with two attached hydrogens (primary N) is 1. The fourth-order valence-corrected chi connectivity index (χ4v) is 1.78. The fraction of sp³-hybridized carbons (Fsp3) is 0.364. The highest BCUT2D eigenvalue weighted by atomic mass is 79.9. The Bertz CT molecular complexity index is 371. The van der Waals surface area contributed by atoms with Crippen LogP contribution in [0.4, 0.5) is 5.69 Å². The maximum atomic E-state index is 5.60. The van der Waals surface area contributed by atoms with E-state index in [1.165, 1.54) is 0 Å². The zero-order valence-corrected chi connectivity index (χ0v) is 11.5. The third kappa shape index (κ3) is 4.81. The Morgan fingerprint density at radius 3 is 2.88 bits per heavy atom. The Kier molecular flexibility index (Phi) is 5.55. The molecule has 0 unspecified atom stereocenters. The van der Waals surface area contributed by atoms with Gasteiger partial charge in [-0.25, -0.2) is 0 Å². The average molecular weight is 303 g/mol. The van der Waals surface area contributed by atoms with E-state index in [9.17, 15) is 0 Å². The summed E-state index contributed by atoms with van der Waals surface area (Å²) in [7, 11) is 0. The largest absolute Gasteiger partial charge is 0.493 e. The van der Waals surface area contributed by atoms with Gasteiger partial charge in [0.1, 0.15) is 5.75 Å². The molecule has 0 amide bonds. The number of hydrogen-bond acceptors (Lipinski definition) is 2. The van der Waals surface area contributed by atoms with Crippen LogP contribution in [0.2, 0.25) is 0 Å². The molecule has 0 heterocycles. The minimum atomic E-state index is 0.248. The lowest BCUT2D eigenvalue weighted by Crippen LogP contribution is -2.18. The molecule has 0 fully saturated rings. The first-order valence-corrected chi connectivity index (χ1v) is 6.31. The van der Waals surface area contributed by atoms with E-state index in [1.807, 2.05) is 18.2 Å². The molecule has 0 aliphatic heterocycles. The van der Waals surface area contributed by atoms with Crippen LogP contribution in [-0.4, -0.2) is 11.7 Å². The second kappa shape index (κ2) is 6.70. The first-order valence-electron chi connectivity index (χ1n) is 5.11. The van der Waals surface area contributed by atoms with Crippen LogP contribution in [0.5, 0.6) is 5.75 Å². The molecule has 0 aromatic heterocycles. The monoisotopic (exact) mass is 302 g/mol. The summed E-state index contributed by atoms with van der Waals surface area (Å²) in [5.74, 6) is 0.807. The number of unbranched alkanes of at least 4 members (excludes halogenated alkanes) is 1. The Hall–Kier alpha value is -0.810. The predicted molar refractivity (Wildman–Crippen MR) is 75.0 cm³/mol. The van der Waals surface area contributed by atoms with Crippen molar-refractivity contribution in [3.63, 3.8) is 0 Å². The number of hydrogen-bond donors (Lipinski definition) is 2. The minimum Gasteiger partial charge on any atom is -0.493 e. The van der Waals surface area contributed by atoms with Gasteiger partial charge in [0.2, 0.25) is 0 Å². The van der Waals surface area contributed by atoms with E-state index in [4.69, 9.17) is 22.7 Å². The van der Waals surface area contributed by atoms with Gasteiger partial charge in [-0.3, -0.25) is 0 Å². The summed E-state index contributed by atoms with van der Waals surface area (Å²) >= 11 is 8.19. The molecular formula is C11H15BrN2OS. The number of rotatable bonds is 5. The molecule has 0 radical (unpaired) electrons. The summed E-state index contributed by atoms with van der Waals surface area (Å²) < 4.78 is 6.53. The molecule has 0 aliphatic carbocycles. The molecule has 5 heteroatoms. The number of ether oxygens (including phenoxy) is 1. The molecule has 1 rings (SSSR count). The number of nitrogens with one attached hydrogen (secondary N) is 1. The van der Waals surface area contributed by atoms with E-state index in [2.05, 4.69) is 28.2 Å². The van der Waals surface area contributed by atoms with E-state index in [0.29, 0.717) is 0 Å². The summed E-state index contributed by atoms with van der Waals surface area (Å²) in [5.41, 5.74) is 6.24. The van der Waals surface area contributed by atoms with Gasteiger partial charge >= 0.3 is 0 Å². The summed E-state index contributed by atoms with van der Waals surface area (Å²) in [4.78, 5) is 0. The quantitative estimate of drug-likeness (QED) is 0.647. The van der Waals surface area contributed by atoms with Gasteiger partial charge in [0.05, 0.1) is 6.61 Å². The zero-order chi connectivity index (χ0) is 12.0. The fourth-order valence-electron chi connectivity index (χ4n) is 1.19. The van der Waals surface area contributed by atoms with Crippen LogP contribution < -0.4 is 15.8 Å². The first kappa shape index (κ1) is 13.3. The van der Waals surface area contributed by atoms with Crippen molar-refractivity contribution < 1.29 is 4.74 Å². The Morgan fingerprint density at radius 1 is 1.50 bits per heavy atom. The summed E-state index contributed by atoms with van der Waals surface area (Å²) in [6.07, 6.45) is 2.16. The molecule has 0 spiro atoms. The van der Waals surface area contributed by atoms with Gasteiger partial charge in [-0.15, -0.1) is 0 Å². The lowest BCUT2D eigenvalue weighted by atomic mass is 10.3. The standard InChI is InChI=1S/C11H15BrN2OS/c1-2-3-4-15-10-6-8(12)5-9(7-10)14-11(13)16/h5-7H,2-4H2,1H3,(H3,13,14,16). The smallest absolute Gasteiger partial charge is 0.168 e. The molecule has 0 atom stereocenters. The molecule has 3 N–H and O–H groups in total. The van der Waals surface area contributed by atoms with Crippen molar-refractivity contribution in [2.45, 2.75) is 19.8 Å². The number of thiocarbonyl (C=S) groups is 1. The Labute approximate surface area is 109 Å². The zero-order valence-electron chi connectivity index (χ0n) is 9.13. The van der Waals surface area contributed by atoms with Crippen molar-refractivity contribution in [3.8, 4) is 5.75 Å². The number of anilines is 1. The van der Waals surface area contributed by atoms with Crippen molar-refractivity contribution in [3.05, 3.63) is 22.7 Å². The maximum absolute atomic E-state index is 5.60. The van der Waals surface area contributed by atoms with Crippen molar-refractivity contribution in [2.75, 3.05) is 11.9 Å². The van der Waals surface area contributed by atoms with E-state index >= 15 is 0 Å². The third-order valence-electron chi connectivity index (χ3n) is 1.91. The van der Waals surface area contributed by atoms with Crippen molar-refractivity contribution in [2.24, 2.45) is 5.73 Å². The van der Waals surface area contributed by atoms with Crippen LogP contribution in [0.3, 0.4) is 0 Å². The molecule has 3 nitrogen and oxygen atoms in total. The number of halogens is 1. The van der Waals surface area contributed by atoms with Crippen LogP contribution in [0.15, 0.2) is 22.7 Å². The molecule has 0 saturated heterocycles. The van der Waals surface area contributed by atoms with Crippen molar-refractivity contribution >= 4 is 38.9 Å². The number of benzene rings is 1. The van der Waals surface area contributed by atoms with Crippen LogP contribution in [0.25, 0.3) is 0 Å². The topological polar surface area (TPSA) is 47.3 Å². The molecule has 1 aromatic rings. The lowest BCUT2D eigenvalue weighted by Gasteiger charge is -2.09. The molecule has 1 aromatic carbocycles. The summed E-state index contributed by atoms with van der Waals surface area (Å²) in [6, 6.07) is 5.69. The van der Waals surface area contributed by atoms with Crippen molar-refractivity contribution in [1.82, 2.24) is 0 Å². The van der Waals surface area contributed by atoms with Crippen molar-refractivity contribution in [1.29, 1.82) is 0 Å². The van der Waals surface area contributed by atoms with E-state index < -0.39 is 0 Å². The van der Waals surface area contributed by atoms with Gasteiger partial charge in [-0.2, -0.15) is 0 Å². The molecular weight excluding hydrogens is 288 g/mol. The molecule has 16 heavy (non-hydrogen) atoms. The van der Waals surface area contributed by atoms with Gasteiger partial charge in [0.25, 0.3) is 0 Å². The highest BCUT2D eigenvalue weighted by molar-refractivity contribution is 9.10. The highest BCUT2D eigenvalue weighted by Crippen LogP contribution is 2.24. The maximum Gasteiger partial charge on any atom is 0.168 e. The Balaban J connectivity index is 2.69. The second-order valence-electron chi connectivity index (χ2n) is 3.37. The van der Waals surface area contributed by atoms with E-state index in [-0.39, 0.29) is 5.11 Å². The van der Waals surface area contributed by atoms with Gasteiger partial charge < -0.3 is 15.8 Å². The third-order valence-corrected chi connectivity index (χ3v) is 2.47. The predicted octanol–water partition coefficient (Wildman–Crippen LogP) is 3.28. The molecule has 88 valence electrons. The van der Waals surface area contributed by atoms with E-state index in [0.717, 1.165) is 35.4 Å². The normalized spacial score (nSPS) is 9.88. The molecule has 0 aliphatic rings. The Morgan fingerprint density at radius 2 is 2.25 bits per heavy atom. The lowest BCUT2D eigenvalue weighted by molar-refractivity contribution is 0.309. The molecule has 0 saturated carbocycles. The van der Waals surface area contributed by atoms with Gasteiger partial charge in [-0.05, 0) is 30.8 Å². The average Bonchev–Trinajstić information content (AvgIpc) is 2.16. The van der Waals surface area contributed by atoms with Gasteiger partial charge in [0, 0.05) is 16.2 Å². The summed E-state index contributed by atoms with van der Waals surface area (Å²) in [5, 5.41) is 3.12. The van der Waals surface area contributed by atoms with Crippen LogP contribution in [0.1, 0.15) is 19.8 Å². The summed E-state index contributed by atoms with van der Waals surface area (Å²) in [6.45, 7) is 2.85. The second-order valence-corrected chi connectivity index (χ2v) is 4.72. The van der Waals surface area contributed by atoms with Crippen LogP contribution in [-0.2, 0) is 0 Å². The van der Waals surface area contributed by atoms with Crippen LogP contribution >= 0.6 is 28.1 Å². The van der Waals surface area contributed by atoms with Gasteiger partial charge in [0.15, 0.2) is 5.11 Å². The van der Waals surface area contributed by atoms with Crippen LogP contribution in [0, 0.1) is 0 Å². The first-order chi connectivity index (χ1) is 7.61. The van der Waals surface area contributed by atoms with Gasteiger partial charge in [-0.1, -0.05) is 29.3 Å². The van der Waals surface area contributed by atoms with E-state index in [1.54, 1.807) is 0 Å². The molecule has 0 bridgehead atoms. The minimum absolute atomic E-state index is 0.248. The highest BCUT2D eigenvalue weighted by Gasteiger charge is 2.01. The SMILES string of the molecule is CCCCOc1cc(Br)cc(NC(N)=S)c1.